The van der Waals surface area contributed by atoms with E-state index in [0.717, 1.165) is 0 Å². The summed E-state index contributed by atoms with van der Waals surface area (Å²) in [6.07, 6.45) is 13.6. The van der Waals surface area contributed by atoms with Crippen LogP contribution in [0.5, 0.6) is 0 Å². The molecule has 0 aliphatic heterocycles. The van der Waals surface area contributed by atoms with Gasteiger partial charge in [-0.1, -0.05) is 59.3 Å². The van der Waals surface area contributed by atoms with E-state index in [9.17, 15) is 0 Å². The maximum absolute atomic E-state index is 9.07. The fourth-order valence-electron chi connectivity index (χ4n) is 2.78. The van der Waals surface area contributed by atoms with Crippen LogP contribution < -0.4 is 0 Å². The Kier molecular flexibility index (Phi) is 7.30. The van der Waals surface area contributed by atoms with Crippen LogP contribution >= 0.6 is 0 Å². The summed E-state index contributed by atoms with van der Waals surface area (Å²) in [6, 6.07) is 4.24. The van der Waals surface area contributed by atoms with Gasteiger partial charge in [0, 0.05) is 12.4 Å². The Balaban J connectivity index is 2.86. The van der Waals surface area contributed by atoms with Gasteiger partial charge in [0.05, 0.1) is 5.56 Å². The fraction of sp³-hybridized carbons (Fsp3) is 0.667. The molecule has 0 bridgehead atoms. The van der Waals surface area contributed by atoms with Gasteiger partial charge in [-0.2, -0.15) is 5.26 Å². The molecule has 0 unspecified atom stereocenters. The standard InChI is InChI=1S/C18H28N2/c1-4-6-8-10-18(3,11-9-7-5-2)17-12-16(13-19)14-20-15-17/h12,14-15H,4-11H2,1-3H3. The maximum Gasteiger partial charge on any atom is 0.101 e. The van der Waals surface area contributed by atoms with Crippen LogP contribution in [0.25, 0.3) is 0 Å². The molecule has 0 saturated heterocycles. The van der Waals surface area contributed by atoms with Crippen LogP contribution in [0.1, 0.15) is 83.3 Å². The van der Waals surface area contributed by atoms with Crippen molar-refractivity contribution in [2.75, 3.05) is 0 Å². The number of nitrogens with zero attached hydrogens (tertiary/aromatic N) is 2. The van der Waals surface area contributed by atoms with Gasteiger partial charge in [0.15, 0.2) is 0 Å². The predicted octanol–water partition coefficient (Wildman–Crippen LogP) is 5.37. The van der Waals surface area contributed by atoms with Crippen molar-refractivity contribution in [1.29, 1.82) is 5.26 Å². The minimum atomic E-state index is 0.171. The summed E-state index contributed by atoms with van der Waals surface area (Å²) in [4.78, 5) is 4.26. The third-order valence-electron chi connectivity index (χ3n) is 4.23. The minimum absolute atomic E-state index is 0.171. The van der Waals surface area contributed by atoms with Crippen molar-refractivity contribution in [3.8, 4) is 6.07 Å². The topological polar surface area (TPSA) is 36.7 Å². The summed E-state index contributed by atoms with van der Waals surface area (Å²) >= 11 is 0. The highest BCUT2D eigenvalue weighted by molar-refractivity contribution is 5.33. The second-order valence-electron chi connectivity index (χ2n) is 6.05. The van der Waals surface area contributed by atoms with E-state index in [2.05, 4.69) is 31.8 Å². The molecule has 0 aliphatic carbocycles. The van der Waals surface area contributed by atoms with Crippen molar-refractivity contribution < 1.29 is 0 Å². The van der Waals surface area contributed by atoms with Crippen LogP contribution in [-0.2, 0) is 5.41 Å². The lowest BCUT2D eigenvalue weighted by atomic mass is 9.74. The van der Waals surface area contributed by atoms with E-state index in [1.54, 1.807) is 6.20 Å². The van der Waals surface area contributed by atoms with Gasteiger partial charge in [-0.25, -0.2) is 0 Å². The molecular formula is C18H28N2. The smallest absolute Gasteiger partial charge is 0.101 e. The zero-order chi connectivity index (χ0) is 14.8. The van der Waals surface area contributed by atoms with Gasteiger partial charge in [0.1, 0.15) is 6.07 Å². The van der Waals surface area contributed by atoms with Gasteiger partial charge in [0.25, 0.3) is 0 Å². The molecule has 0 N–H and O–H groups in total. The fourth-order valence-corrected chi connectivity index (χ4v) is 2.78. The molecule has 1 aromatic heterocycles. The molecule has 20 heavy (non-hydrogen) atoms. The molecule has 0 spiro atoms. The lowest BCUT2D eigenvalue weighted by Gasteiger charge is -2.30. The molecule has 1 heterocycles. The average Bonchev–Trinajstić information content (AvgIpc) is 2.48. The Bertz CT molecular complexity index is 421. The SMILES string of the molecule is CCCCCC(C)(CCCCC)c1cncc(C#N)c1. The summed E-state index contributed by atoms with van der Waals surface area (Å²) < 4.78 is 0. The van der Waals surface area contributed by atoms with Gasteiger partial charge in [-0.15, -0.1) is 0 Å². The summed E-state index contributed by atoms with van der Waals surface area (Å²) in [7, 11) is 0. The molecule has 0 aliphatic rings. The second-order valence-corrected chi connectivity index (χ2v) is 6.05. The zero-order valence-corrected chi connectivity index (χ0v) is 13.3. The molecule has 0 amide bonds. The molecule has 0 aromatic carbocycles. The quantitative estimate of drug-likeness (QED) is 0.566. The van der Waals surface area contributed by atoms with E-state index < -0.39 is 0 Å². The number of aromatic nitrogens is 1. The molecule has 0 radical (unpaired) electrons. The van der Waals surface area contributed by atoms with E-state index in [1.807, 2.05) is 12.3 Å². The molecule has 2 nitrogen and oxygen atoms in total. The predicted molar refractivity (Wildman–Crippen MR) is 84.6 cm³/mol. The highest BCUT2D eigenvalue weighted by atomic mass is 14.6. The molecule has 2 heteroatoms. The van der Waals surface area contributed by atoms with Crippen LogP contribution in [-0.4, -0.2) is 4.98 Å². The molecule has 110 valence electrons. The summed E-state index contributed by atoms with van der Waals surface area (Å²) in [5, 5.41) is 9.07. The van der Waals surface area contributed by atoms with E-state index in [-0.39, 0.29) is 5.41 Å². The summed E-state index contributed by atoms with van der Waals surface area (Å²) in [5.74, 6) is 0. The van der Waals surface area contributed by atoms with E-state index in [0.29, 0.717) is 5.56 Å². The van der Waals surface area contributed by atoms with Crippen molar-refractivity contribution in [3.63, 3.8) is 0 Å². The third kappa shape index (κ3) is 4.96. The first-order valence-electron chi connectivity index (χ1n) is 8.02. The minimum Gasteiger partial charge on any atom is -0.263 e. The number of nitriles is 1. The number of unbranched alkanes of at least 4 members (excludes halogenated alkanes) is 4. The number of hydrogen-bond donors (Lipinski definition) is 0. The van der Waals surface area contributed by atoms with E-state index in [1.165, 1.54) is 56.9 Å². The Morgan fingerprint density at radius 3 is 2.15 bits per heavy atom. The first kappa shape index (κ1) is 16.7. The van der Waals surface area contributed by atoms with Gasteiger partial charge in [-0.3, -0.25) is 4.98 Å². The van der Waals surface area contributed by atoms with Crippen molar-refractivity contribution in [1.82, 2.24) is 4.98 Å². The number of hydrogen-bond acceptors (Lipinski definition) is 2. The zero-order valence-electron chi connectivity index (χ0n) is 13.3. The molecule has 1 rings (SSSR count). The summed E-state index contributed by atoms with van der Waals surface area (Å²) in [5.41, 5.74) is 2.09. The largest absolute Gasteiger partial charge is 0.263 e. The van der Waals surface area contributed by atoms with Crippen molar-refractivity contribution in [2.45, 2.75) is 77.6 Å². The Hall–Kier alpha value is -1.36. The van der Waals surface area contributed by atoms with Gasteiger partial charge < -0.3 is 0 Å². The Morgan fingerprint density at radius 1 is 1.05 bits per heavy atom. The average molecular weight is 272 g/mol. The van der Waals surface area contributed by atoms with Gasteiger partial charge in [0.2, 0.25) is 0 Å². The third-order valence-corrected chi connectivity index (χ3v) is 4.23. The van der Waals surface area contributed by atoms with Crippen LogP contribution in [0, 0.1) is 11.3 Å². The van der Waals surface area contributed by atoms with Crippen LogP contribution in [0.4, 0.5) is 0 Å². The van der Waals surface area contributed by atoms with Crippen molar-refractivity contribution in [2.24, 2.45) is 0 Å². The Morgan fingerprint density at radius 2 is 1.65 bits per heavy atom. The maximum atomic E-state index is 9.07. The second kappa shape index (κ2) is 8.74. The van der Waals surface area contributed by atoms with E-state index >= 15 is 0 Å². The lowest BCUT2D eigenvalue weighted by molar-refractivity contribution is 0.366. The van der Waals surface area contributed by atoms with Gasteiger partial charge in [-0.05, 0) is 29.9 Å². The molecule has 0 atom stereocenters. The van der Waals surface area contributed by atoms with Gasteiger partial charge >= 0.3 is 0 Å². The van der Waals surface area contributed by atoms with Crippen LogP contribution in [0.15, 0.2) is 18.5 Å². The van der Waals surface area contributed by atoms with Crippen LogP contribution in [0.2, 0.25) is 0 Å². The monoisotopic (exact) mass is 272 g/mol. The van der Waals surface area contributed by atoms with E-state index in [4.69, 9.17) is 5.26 Å². The summed E-state index contributed by atoms with van der Waals surface area (Å²) in [6.45, 7) is 6.83. The molecule has 0 fully saturated rings. The van der Waals surface area contributed by atoms with Crippen molar-refractivity contribution in [3.05, 3.63) is 29.6 Å². The highest BCUT2D eigenvalue weighted by Crippen LogP contribution is 2.35. The normalized spacial score (nSPS) is 11.3. The molecule has 1 aromatic rings. The Labute approximate surface area is 124 Å². The highest BCUT2D eigenvalue weighted by Gasteiger charge is 2.26. The number of pyridine rings is 1. The number of rotatable bonds is 9. The van der Waals surface area contributed by atoms with Crippen LogP contribution in [0.3, 0.4) is 0 Å². The first-order chi connectivity index (χ1) is 9.66. The molecule has 0 saturated carbocycles. The first-order valence-corrected chi connectivity index (χ1v) is 8.02. The lowest BCUT2D eigenvalue weighted by Crippen LogP contribution is -2.22. The van der Waals surface area contributed by atoms with Crippen molar-refractivity contribution >= 4 is 0 Å². The molecular weight excluding hydrogens is 244 g/mol.